The molecule has 2 aromatic carbocycles. The molecule has 12 heteroatoms. The van der Waals surface area contributed by atoms with Gasteiger partial charge in [-0.1, -0.05) is 35.9 Å². The summed E-state index contributed by atoms with van der Waals surface area (Å²) in [5, 5.41) is 5.30. The first-order chi connectivity index (χ1) is 17.7. The highest BCUT2D eigenvalue weighted by Crippen LogP contribution is 2.35. The van der Waals surface area contributed by atoms with Gasteiger partial charge in [0.15, 0.2) is 0 Å². The number of nitrogens with one attached hydrogen (secondary N) is 2. The number of aromatic nitrogens is 3. The van der Waals surface area contributed by atoms with Gasteiger partial charge >= 0.3 is 5.69 Å². The highest BCUT2D eigenvalue weighted by Gasteiger charge is 2.33. The van der Waals surface area contributed by atoms with Gasteiger partial charge in [-0.2, -0.15) is 4.31 Å². The van der Waals surface area contributed by atoms with Crippen LogP contribution in [0.1, 0.15) is 0 Å². The molecule has 6 rings (SSSR count). The fraction of sp³-hybridized carbons (Fsp3) is 0.160. The number of hydrogen-bond donors (Lipinski definition) is 2. The summed E-state index contributed by atoms with van der Waals surface area (Å²) in [5.74, 6) is 0. The number of aromatic amines is 1. The number of thiophene rings is 1. The molecule has 0 bridgehead atoms. The van der Waals surface area contributed by atoms with E-state index < -0.39 is 21.3 Å². The molecule has 0 atom stereocenters. The Hall–Kier alpha value is -3.51. The van der Waals surface area contributed by atoms with Crippen molar-refractivity contribution in [2.45, 2.75) is 6.04 Å². The molecule has 0 spiro atoms. The first kappa shape index (κ1) is 23.9. The molecule has 0 aliphatic carbocycles. The van der Waals surface area contributed by atoms with Crippen molar-refractivity contribution in [3.8, 4) is 16.1 Å². The molecule has 0 unspecified atom stereocenters. The standard InChI is InChI=1S/C25H20ClN5O4S2/c1-37(34,35)30-12-16(13-30)28-15-7-6-14-10-27-11-21(18(14)8-15)31-24(32)23-20(29-25(31)33)9-22(36-23)17-4-2-3-5-19(17)26/h2-11,16,28H,12-13H2,1H3,(H,29,33). The first-order valence-electron chi connectivity index (χ1n) is 11.3. The summed E-state index contributed by atoms with van der Waals surface area (Å²) in [6.07, 6.45) is 4.34. The Kier molecular flexibility index (Phi) is 5.68. The van der Waals surface area contributed by atoms with E-state index in [0.717, 1.165) is 26.1 Å². The number of halogens is 1. The van der Waals surface area contributed by atoms with Gasteiger partial charge in [0, 0.05) is 51.2 Å². The molecule has 0 radical (unpaired) electrons. The molecule has 2 N–H and O–H groups in total. The van der Waals surface area contributed by atoms with Crippen molar-refractivity contribution in [1.29, 1.82) is 0 Å². The van der Waals surface area contributed by atoms with Crippen molar-refractivity contribution in [3.05, 3.63) is 86.8 Å². The predicted octanol–water partition coefficient (Wildman–Crippen LogP) is 3.66. The normalized spacial score (nSPS) is 14.8. The lowest BCUT2D eigenvalue weighted by molar-refractivity contribution is 0.283. The van der Waals surface area contributed by atoms with Gasteiger partial charge in [0.1, 0.15) is 4.70 Å². The highest BCUT2D eigenvalue weighted by molar-refractivity contribution is 7.88. The molecule has 0 saturated carbocycles. The van der Waals surface area contributed by atoms with Crippen molar-refractivity contribution in [2.24, 2.45) is 0 Å². The molecule has 5 aromatic rings. The molecule has 37 heavy (non-hydrogen) atoms. The van der Waals surface area contributed by atoms with E-state index in [0.29, 0.717) is 39.4 Å². The van der Waals surface area contributed by atoms with Crippen LogP contribution in [0.5, 0.6) is 0 Å². The van der Waals surface area contributed by atoms with Crippen LogP contribution in [0.2, 0.25) is 5.02 Å². The fourth-order valence-corrected chi connectivity index (χ4v) is 6.75. The minimum atomic E-state index is -3.21. The molecule has 3 aromatic heterocycles. The van der Waals surface area contributed by atoms with Crippen LogP contribution in [0, 0.1) is 0 Å². The van der Waals surface area contributed by atoms with Crippen molar-refractivity contribution in [2.75, 3.05) is 24.7 Å². The van der Waals surface area contributed by atoms with Gasteiger partial charge in [0.25, 0.3) is 5.56 Å². The summed E-state index contributed by atoms with van der Waals surface area (Å²) in [7, 11) is -3.21. The largest absolute Gasteiger partial charge is 0.380 e. The molecule has 1 saturated heterocycles. The van der Waals surface area contributed by atoms with E-state index in [1.165, 1.54) is 28.1 Å². The van der Waals surface area contributed by atoms with Crippen molar-refractivity contribution >= 4 is 59.6 Å². The van der Waals surface area contributed by atoms with Crippen molar-refractivity contribution < 1.29 is 8.42 Å². The Balaban J connectivity index is 1.43. The van der Waals surface area contributed by atoms with E-state index in [1.54, 1.807) is 18.3 Å². The average Bonchev–Trinajstić information content (AvgIpc) is 3.25. The Bertz CT molecular complexity index is 1920. The van der Waals surface area contributed by atoms with E-state index in [2.05, 4.69) is 15.3 Å². The number of sulfonamides is 1. The average molecular weight is 554 g/mol. The number of anilines is 1. The zero-order valence-electron chi connectivity index (χ0n) is 19.4. The molecule has 0 amide bonds. The van der Waals surface area contributed by atoms with Crippen LogP contribution >= 0.6 is 22.9 Å². The molecule has 1 aliphatic heterocycles. The minimum Gasteiger partial charge on any atom is -0.380 e. The van der Waals surface area contributed by atoms with E-state index in [4.69, 9.17) is 11.6 Å². The maximum atomic E-state index is 13.6. The second kappa shape index (κ2) is 8.80. The number of nitrogens with zero attached hydrogens (tertiary/aromatic N) is 3. The van der Waals surface area contributed by atoms with Crippen LogP contribution in [0.4, 0.5) is 5.69 Å². The Labute approximate surface area is 220 Å². The molecule has 9 nitrogen and oxygen atoms in total. The van der Waals surface area contributed by atoms with Gasteiger partial charge in [0.2, 0.25) is 10.0 Å². The molecular formula is C25H20ClN5O4S2. The number of H-pyrrole nitrogens is 1. The summed E-state index contributed by atoms with van der Waals surface area (Å²) >= 11 is 7.61. The van der Waals surface area contributed by atoms with Crippen LogP contribution in [-0.2, 0) is 10.0 Å². The van der Waals surface area contributed by atoms with E-state index in [1.807, 2.05) is 36.4 Å². The predicted molar refractivity (Wildman–Crippen MR) is 148 cm³/mol. The third kappa shape index (κ3) is 4.23. The monoisotopic (exact) mass is 553 g/mol. The second-order valence-corrected chi connectivity index (χ2v) is 12.4. The number of pyridine rings is 1. The number of benzene rings is 2. The number of rotatable bonds is 5. The zero-order valence-corrected chi connectivity index (χ0v) is 21.8. The Morgan fingerprint density at radius 2 is 1.89 bits per heavy atom. The summed E-state index contributed by atoms with van der Waals surface area (Å²) in [4.78, 5) is 34.6. The first-order valence-corrected chi connectivity index (χ1v) is 14.4. The zero-order chi connectivity index (χ0) is 25.9. The molecule has 1 aliphatic rings. The van der Waals surface area contributed by atoms with Gasteiger partial charge in [-0.25, -0.2) is 17.8 Å². The summed E-state index contributed by atoms with van der Waals surface area (Å²) in [5.41, 5.74) is 1.32. The number of hydrogen-bond acceptors (Lipinski definition) is 7. The highest BCUT2D eigenvalue weighted by atomic mass is 35.5. The van der Waals surface area contributed by atoms with Gasteiger partial charge in [-0.15, -0.1) is 11.3 Å². The molecule has 188 valence electrons. The van der Waals surface area contributed by atoms with Crippen LogP contribution in [-0.4, -0.2) is 52.6 Å². The maximum absolute atomic E-state index is 13.6. The lowest BCUT2D eigenvalue weighted by Gasteiger charge is -2.38. The topological polar surface area (TPSA) is 117 Å². The van der Waals surface area contributed by atoms with Crippen molar-refractivity contribution in [3.63, 3.8) is 0 Å². The molecular weight excluding hydrogens is 534 g/mol. The van der Waals surface area contributed by atoms with E-state index in [-0.39, 0.29) is 6.04 Å². The lowest BCUT2D eigenvalue weighted by Crippen LogP contribution is -2.56. The summed E-state index contributed by atoms with van der Waals surface area (Å²) < 4.78 is 26.2. The Morgan fingerprint density at radius 3 is 2.65 bits per heavy atom. The van der Waals surface area contributed by atoms with Crippen LogP contribution in [0.3, 0.4) is 0 Å². The number of fused-ring (bicyclic) bond motifs is 2. The smallest absolute Gasteiger partial charge is 0.333 e. The molecule has 1 fully saturated rings. The minimum absolute atomic E-state index is 0.0331. The van der Waals surface area contributed by atoms with Crippen LogP contribution in [0.25, 0.3) is 37.1 Å². The fourth-order valence-electron chi connectivity index (χ4n) is 4.47. The van der Waals surface area contributed by atoms with E-state index in [9.17, 15) is 18.0 Å². The van der Waals surface area contributed by atoms with Gasteiger partial charge < -0.3 is 10.3 Å². The van der Waals surface area contributed by atoms with Gasteiger partial charge in [-0.3, -0.25) is 9.78 Å². The quantitative estimate of drug-likeness (QED) is 0.343. The third-order valence-electron chi connectivity index (χ3n) is 6.38. The van der Waals surface area contributed by atoms with Gasteiger partial charge in [0.05, 0.1) is 29.7 Å². The maximum Gasteiger partial charge on any atom is 0.333 e. The second-order valence-electron chi connectivity index (χ2n) is 8.92. The molecule has 4 heterocycles. The summed E-state index contributed by atoms with van der Waals surface area (Å²) in [6.45, 7) is 0.754. The van der Waals surface area contributed by atoms with E-state index >= 15 is 0 Å². The summed E-state index contributed by atoms with van der Waals surface area (Å²) in [6, 6.07) is 14.6. The van der Waals surface area contributed by atoms with Crippen LogP contribution < -0.4 is 16.6 Å². The van der Waals surface area contributed by atoms with Gasteiger partial charge in [-0.05, 0) is 24.3 Å². The lowest BCUT2D eigenvalue weighted by atomic mass is 10.1. The Morgan fingerprint density at radius 1 is 1.11 bits per heavy atom. The SMILES string of the molecule is CS(=O)(=O)N1CC(Nc2ccc3cncc(-n4c(=O)[nH]c5cc(-c6ccccc6Cl)sc5c4=O)c3c2)C1. The van der Waals surface area contributed by atoms with Crippen molar-refractivity contribution in [1.82, 2.24) is 18.8 Å². The third-order valence-corrected chi connectivity index (χ3v) is 9.10. The van der Waals surface area contributed by atoms with Crippen LogP contribution in [0.15, 0.2) is 70.5 Å².